The molecule has 3 aromatic rings. The van der Waals surface area contributed by atoms with Crippen molar-refractivity contribution in [2.45, 2.75) is 22.8 Å². The lowest BCUT2D eigenvalue weighted by atomic mass is 10.2. The number of hydrogen-bond acceptors (Lipinski definition) is 4. The molecule has 0 bridgehead atoms. The molecule has 0 amide bonds. The summed E-state index contributed by atoms with van der Waals surface area (Å²) in [6.45, 7) is 7.68. The van der Waals surface area contributed by atoms with E-state index < -0.39 is 0 Å². The molecule has 2 aliphatic heterocycles. The standard InChI is InChI=1S/C22H24N2O2S/c1-16-22(27-18-6-3-2-4-7-18)19-8-5-9-20-21(19)24(16)17(15-26-20)14-23-10-12-25-13-11-23/h2-9,17H,10-15H2,1H3. The van der Waals surface area contributed by atoms with Crippen molar-refractivity contribution in [3.8, 4) is 5.75 Å². The highest BCUT2D eigenvalue weighted by Gasteiger charge is 2.29. The fraction of sp³-hybridized carbons (Fsp3) is 0.364. The molecule has 0 N–H and O–H groups in total. The summed E-state index contributed by atoms with van der Waals surface area (Å²) in [5.74, 6) is 1.01. The van der Waals surface area contributed by atoms with Crippen LogP contribution in [0.5, 0.6) is 5.75 Å². The highest BCUT2D eigenvalue weighted by atomic mass is 32.2. The minimum absolute atomic E-state index is 0.339. The zero-order valence-corrected chi connectivity index (χ0v) is 16.4. The molecule has 1 aromatic heterocycles. The molecule has 27 heavy (non-hydrogen) atoms. The van der Waals surface area contributed by atoms with Crippen LogP contribution in [0.4, 0.5) is 0 Å². The first kappa shape index (κ1) is 17.2. The van der Waals surface area contributed by atoms with Gasteiger partial charge < -0.3 is 14.0 Å². The maximum Gasteiger partial charge on any atom is 0.143 e. The van der Waals surface area contributed by atoms with Crippen LogP contribution < -0.4 is 4.74 Å². The summed E-state index contributed by atoms with van der Waals surface area (Å²) in [5.41, 5.74) is 2.59. The maximum atomic E-state index is 6.18. The summed E-state index contributed by atoms with van der Waals surface area (Å²) >= 11 is 1.85. The van der Waals surface area contributed by atoms with Crippen molar-refractivity contribution in [3.05, 3.63) is 54.2 Å². The van der Waals surface area contributed by atoms with Crippen LogP contribution in [-0.2, 0) is 4.74 Å². The number of rotatable bonds is 4. The van der Waals surface area contributed by atoms with E-state index in [1.165, 1.54) is 26.4 Å². The topological polar surface area (TPSA) is 26.6 Å². The zero-order valence-electron chi connectivity index (χ0n) is 15.6. The van der Waals surface area contributed by atoms with Crippen LogP contribution in [0.2, 0.25) is 0 Å². The van der Waals surface area contributed by atoms with Crippen LogP contribution in [0.3, 0.4) is 0 Å². The van der Waals surface area contributed by atoms with Gasteiger partial charge in [-0.1, -0.05) is 42.1 Å². The molecule has 0 spiro atoms. The summed E-state index contributed by atoms with van der Waals surface area (Å²) < 4.78 is 14.2. The quantitative estimate of drug-likeness (QED) is 0.672. The summed E-state index contributed by atoms with van der Waals surface area (Å²) in [7, 11) is 0. The number of hydrogen-bond donors (Lipinski definition) is 0. The second kappa shape index (κ2) is 7.23. The molecule has 1 atom stereocenters. The van der Waals surface area contributed by atoms with E-state index in [0.717, 1.165) is 45.2 Å². The van der Waals surface area contributed by atoms with E-state index in [2.05, 4.69) is 64.9 Å². The number of ether oxygens (including phenoxy) is 2. The van der Waals surface area contributed by atoms with Gasteiger partial charge in [-0.2, -0.15) is 0 Å². The molecule has 5 heteroatoms. The largest absolute Gasteiger partial charge is 0.489 e. The minimum atomic E-state index is 0.339. The Morgan fingerprint density at radius 2 is 1.85 bits per heavy atom. The summed E-state index contributed by atoms with van der Waals surface area (Å²) in [6, 6.07) is 17.4. The molecule has 4 nitrogen and oxygen atoms in total. The fourth-order valence-electron chi connectivity index (χ4n) is 4.21. The van der Waals surface area contributed by atoms with Crippen LogP contribution >= 0.6 is 11.8 Å². The first-order chi connectivity index (χ1) is 13.3. The van der Waals surface area contributed by atoms with Gasteiger partial charge in [-0.05, 0) is 25.1 Å². The zero-order chi connectivity index (χ0) is 18.2. The average molecular weight is 381 g/mol. The first-order valence-electron chi connectivity index (χ1n) is 9.60. The molecule has 3 heterocycles. The van der Waals surface area contributed by atoms with E-state index in [1.807, 2.05) is 11.8 Å². The number of aromatic nitrogens is 1. The van der Waals surface area contributed by atoms with Crippen LogP contribution in [0, 0.1) is 6.92 Å². The molecule has 0 radical (unpaired) electrons. The monoisotopic (exact) mass is 380 g/mol. The highest BCUT2D eigenvalue weighted by Crippen LogP contribution is 2.44. The number of nitrogens with zero attached hydrogens (tertiary/aromatic N) is 2. The van der Waals surface area contributed by atoms with Gasteiger partial charge in [0.05, 0.1) is 24.8 Å². The Morgan fingerprint density at radius 3 is 2.67 bits per heavy atom. The van der Waals surface area contributed by atoms with Crippen LogP contribution in [0.25, 0.3) is 10.9 Å². The lowest BCUT2D eigenvalue weighted by Gasteiger charge is -2.34. The molecule has 140 valence electrons. The van der Waals surface area contributed by atoms with Gasteiger partial charge in [0.2, 0.25) is 0 Å². The van der Waals surface area contributed by atoms with Gasteiger partial charge in [0.25, 0.3) is 0 Å². The van der Waals surface area contributed by atoms with Crippen molar-refractivity contribution in [3.63, 3.8) is 0 Å². The van der Waals surface area contributed by atoms with Gasteiger partial charge in [0.1, 0.15) is 12.4 Å². The van der Waals surface area contributed by atoms with E-state index in [9.17, 15) is 0 Å². The molecule has 2 aliphatic rings. The maximum absolute atomic E-state index is 6.18. The lowest BCUT2D eigenvalue weighted by Crippen LogP contribution is -2.42. The molecular formula is C22H24N2O2S. The van der Waals surface area contributed by atoms with Gasteiger partial charge in [-0.15, -0.1) is 0 Å². The SMILES string of the molecule is Cc1c(Sc2ccccc2)c2cccc3c2n1C(CN1CCOCC1)CO3. The van der Waals surface area contributed by atoms with Crippen molar-refractivity contribution in [1.82, 2.24) is 9.47 Å². The van der Waals surface area contributed by atoms with E-state index in [1.54, 1.807) is 0 Å². The molecule has 0 saturated carbocycles. The average Bonchev–Trinajstić information content (AvgIpc) is 3.00. The van der Waals surface area contributed by atoms with E-state index in [0.29, 0.717) is 6.04 Å². The van der Waals surface area contributed by atoms with Crippen LogP contribution in [0.1, 0.15) is 11.7 Å². The van der Waals surface area contributed by atoms with Crippen molar-refractivity contribution >= 4 is 22.7 Å². The van der Waals surface area contributed by atoms with Gasteiger partial charge >= 0.3 is 0 Å². The third-order valence-electron chi connectivity index (χ3n) is 5.51. The number of morpholine rings is 1. The van der Waals surface area contributed by atoms with E-state index in [-0.39, 0.29) is 0 Å². The minimum Gasteiger partial charge on any atom is -0.489 e. The van der Waals surface area contributed by atoms with Gasteiger partial charge in [0, 0.05) is 40.5 Å². The second-order valence-electron chi connectivity index (χ2n) is 7.23. The smallest absolute Gasteiger partial charge is 0.143 e. The molecule has 5 rings (SSSR count). The highest BCUT2D eigenvalue weighted by molar-refractivity contribution is 7.99. The molecule has 1 saturated heterocycles. The van der Waals surface area contributed by atoms with Gasteiger partial charge in [-0.3, -0.25) is 4.90 Å². The van der Waals surface area contributed by atoms with E-state index in [4.69, 9.17) is 9.47 Å². The Balaban J connectivity index is 1.56. The predicted molar refractivity (Wildman–Crippen MR) is 109 cm³/mol. The first-order valence-corrected chi connectivity index (χ1v) is 10.4. The fourth-order valence-corrected chi connectivity index (χ4v) is 5.26. The van der Waals surface area contributed by atoms with E-state index >= 15 is 0 Å². The second-order valence-corrected chi connectivity index (χ2v) is 8.31. The normalized spacial score (nSPS) is 20.0. The summed E-state index contributed by atoms with van der Waals surface area (Å²) in [4.78, 5) is 5.12. The summed E-state index contributed by atoms with van der Waals surface area (Å²) in [5, 5.41) is 1.30. The molecule has 2 aromatic carbocycles. The van der Waals surface area contributed by atoms with Crippen molar-refractivity contribution < 1.29 is 9.47 Å². The molecule has 1 unspecified atom stereocenters. The summed E-state index contributed by atoms with van der Waals surface area (Å²) in [6.07, 6.45) is 0. The Kier molecular flexibility index (Phi) is 4.60. The molecular weight excluding hydrogens is 356 g/mol. The van der Waals surface area contributed by atoms with Crippen molar-refractivity contribution in [2.24, 2.45) is 0 Å². The Bertz CT molecular complexity index is 948. The molecule has 1 fully saturated rings. The Morgan fingerprint density at radius 1 is 1.04 bits per heavy atom. The van der Waals surface area contributed by atoms with Crippen molar-refractivity contribution in [1.29, 1.82) is 0 Å². The Hall–Kier alpha value is -1.95. The van der Waals surface area contributed by atoms with Crippen LogP contribution in [-0.4, -0.2) is 48.9 Å². The predicted octanol–water partition coefficient (Wildman–Crippen LogP) is 4.37. The third-order valence-corrected chi connectivity index (χ3v) is 6.73. The molecule has 0 aliphatic carbocycles. The Labute approximate surface area is 164 Å². The third kappa shape index (κ3) is 3.14. The number of para-hydroxylation sites is 1. The van der Waals surface area contributed by atoms with Gasteiger partial charge in [0.15, 0.2) is 0 Å². The number of benzene rings is 2. The lowest BCUT2D eigenvalue weighted by molar-refractivity contribution is 0.0272. The van der Waals surface area contributed by atoms with Gasteiger partial charge in [-0.25, -0.2) is 0 Å². The van der Waals surface area contributed by atoms with Crippen molar-refractivity contribution in [2.75, 3.05) is 39.5 Å². The van der Waals surface area contributed by atoms with Crippen LogP contribution in [0.15, 0.2) is 58.3 Å².